The summed E-state index contributed by atoms with van der Waals surface area (Å²) in [6, 6.07) is 27.7. The van der Waals surface area contributed by atoms with Gasteiger partial charge in [-0.1, -0.05) is 42.5 Å². The number of aryl methyl sites for hydroxylation is 2. The maximum absolute atomic E-state index is 8.80. The van der Waals surface area contributed by atoms with Gasteiger partial charge in [-0.2, -0.15) is 5.26 Å². The minimum absolute atomic E-state index is 0.499. The van der Waals surface area contributed by atoms with Gasteiger partial charge >= 0.3 is 0 Å². The molecule has 31 heavy (non-hydrogen) atoms. The van der Waals surface area contributed by atoms with Gasteiger partial charge in [-0.15, -0.1) is 0 Å². The Bertz CT molecular complexity index is 1220. The maximum Gasteiger partial charge on any atom is 0.153 e. The number of rotatable bonds is 7. The largest absolute Gasteiger partial charge is 0.455 e. The molecule has 4 rings (SSSR count). The molecule has 0 bridgehead atoms. The Labute approximate surface area is 182 Å². The molecule has 0 aliphatic rings. The first-order valence-corrected chi connectivity index (χ1v) is 10.1. The van der Waals surface area contributed by atoms with E-state index in [0.717, 1.165) is 34.6 Å². The van der Waals surface area contributed by atoms with E-state index < -0.39 is 0 Å². The first kappa shape index (κ1) is 20.1. The number of hydrogen-bond acceptors (Lipinski definition) is 5. The molecule has 5 heteroatoms. The molecule has 0 atom stereocenters. The fourth-order valence-electron chi connectivity index (χ4n) is 3.25. The second kappa shape index (κ2) is 9.55. The van der Waals surface area contributed by atoms with Crippen molar-refractivity contribution in [2.45, 2.75) is 19.8 Å². The molecule has 0 saturated heterocycles. The summed E-state index contributed by atoms with van der Waals surface area (Å²) in [5.74, 6) is 2.03. The average molecular weight is 406 g/mol. The fraction of sp³-hybridized carbons (Fsp3) is 0.115. The summed E-state index contributed by atoms with van der Waals surface area (Å²) in [6.45, 7) is 1.97. The van der Waals surface area contributed by atoms with Crippen molar-refractivity contribution in [3.8, 4) is 28.8 Å². The van der Waals surface area contributed by atoms with Crippen LogP contribution in [-0.4, -0.2) is 9.97 Å². The number of ether oxygens (including phenoxy) is 1. The van der Waals surface area contributed by atoms with E-state index in [2.05, 4.69) is 21.4 Å². The van der Waals surface area contributed by atoms with Gasteiger partial charge in [0.25, 0.3) is 0 Å². The minimum atomic E-state index is 0.499. The van der Waals surface area contributed by atoms with Crippen molar-refractivity contribution in [2.24, 2.45) is 0 Å². The van der Waals surface area contributed by atoms with E-state index >= 15 is 0 Å². The zero-order chi connectivity index (χ0) is 21.5. The average Bonchev–Trinajstić information content (AvgIpc) is 2.80. The van der Waals surface area contributed by atoms with E-state index in [4.69, 9.17) is 10.00 Å². The van der Waals surface area contributed by atoms with E-state index in [9.17, 15) is 0 Å². The van der Waals surface area contributed by atoms with Crippen LogP contribution in [0.5, 0.6) is 11.5 Å². The van der Waals surface area contributed by atoms with E-state index in [1.54, 1.807) is 6.20 Å². The van der Waals surface area contributed by atoms with Crippen molar-refractivity contribution >= 4 is 11.5 Å². The van der Waals surface area contributed by atoms with Crippen LogP contribution in [0.15, 0.2) is 85.1 Å². The Kier molecular flexibility index (Phi) is 6.20. The lowest BCUT2D eigenvalue weighted by molar-refractivity contribution is 0.482. The molecule has 2 aromatic carbocycles. The highest BCUT2D eigenvalue weighted by Gasteiger charge is 2.10. The van der Waals surface area contributed by atoms with Crippen LogP contribution in [0.3, 0.4) is 0 Å². The Morgan fingerprint density at radius 2 is 1.84 bits per heavy atom. The van der Waals surface area contributed by atoms with Gasteiger partial charge in [-0.05, 0) is 49.2 Å². The van der Waals surface area contributed by atoms with Gasteiger partial charge in [0.2, 0.25) is 0 Å². The number of hydrogen-bond donors (Lipinski definition) is 1. The van der Waals surface area contributed by atoms with Gasteiger partial charge in [0.15, 0.2) is 5.75 Å². The quantitative estimate of drug-likeness (QED) is 0.382. The molecule has 2 heterocycles. The number of aromatic nitrogens is 2. The van der Waals surface area contributed by atoms with Crippen LogP contribution >= 0.6 is 0 Å². The van der Waals surface area contributed by atoms with Gasteiger partial charge in [0.05, 0.1) is 6.07 Å². The standard InChI is InChI=1S/C26H22N4O/c1-19-12-13-24(26(29-19)21-9-3-2-4-10-21)31-23-14-16-28-25(18-23)30-22-11-5-7-20(17-22)8-6-15-27/h2-5,7,9-14,16-18H,6,8H2,1H3,(H,28,30). The molecule has 0 aliphatic carbocycles. The second-order valence-electron chi connectivity index (χ2n) is 7.13. The highest BCUT2D eigenvalue weighted by atomic mass is 16.5. The lowest BCUT2D eigenvalue weighted by Crippen LogP contribution is -1.97. The third kappa shape index (κ3) is 5.26. The van der Waals surface area contributed by atoms with Crippen LogP contribution in [0, 0.1) is 18.3 Å². The number of pyridine rings is 2. The van der Waals surface area contributed by atoms with Crippen LogP contribution in [0.1, 0.15) is 17.7 Å². The lowest BCUT2D eigenvalue weighted by atomic mass is 10.1. The summed E-state index contributed by atoms with van der Waals surface area (Å²) < 4.78 is 6.20. The highest BCUT2D eigenvalue weighted by molar-refractivity contribution is 5.67. The second-order valence-corrected chi connectivity index (χ2v) is 7.13. The molecule has 0 spiro atoms. The number of nitriles is 1. The Balaban J connectivity index is 1.56. The van der Waals surface area contributed by atoms with Crippen molar-refractivity contribution in [1.29, 1.82) is 5.26 Å². The number of nitrogens with one attached hydrogen (secondary N) is 1. The Morgan fingerprint density at radius 3 is 2.68 bits per heavy atom. The van der Waals surface area contributed by atoms with E-state index in [-0.39, 0.29) is 0 Å². The van der Waals surface area contributed by atoms with E-state index in [1.165, 1.54) is 0 Å². The molecule has 0 saturated carbocycles. The Morgan fingerprint density at radius 1 is 0.968 bits per heavy atom. The summed E-state index contributed by atoms with van der Waals surface area (Å²) in [4.78, 5) is 9.09. The number of anilines is 2. The van der Waals surface area contributed by atoms with Crippen LogP contribution in [0.2, 0.25) is 0 Å². The lowest BCUT2D eigenvalue weighted by Gasteiger charge is -2.13. The van der Waals surface area contributed by atoms with E-state index in [0.29, 0.717) is 23.7 Å². The monoisotopic (exact) mass is 406 g/mol. The van der Waals surface area contributed by atoms with Gasteiger partial charge in [-0.25, -0.2) is 9.97 Å². The zero-order valence-corrected chi connectivity index (χ0v) is 17.2. The maximum atomic E-state index is 8.80. The molecule has 0 amide bonds. The molecular weight excluding hydrogens is 384 g/mol. The summed E-state index contributed by atoms with van der Waals surface area (Å²) in [7, 11) is 0. The topological polar surface area (TPSA) is 70.8 Å². The third-order valence-electron chi connectivity index (χ3n) is 4.73. The van der Waals surface area contributed by atoms with Gasteiger partial charge in [-0.3, -0.25) is 0 Å². The van der Waals surface area contributed by atoms with Crippen molar-refractivity contribution in [3.05, 3.63) is 96.3 Å². The molecule has 2 aromatic heterocycles. The summed E-state index contributed by atoms with van der Waals surface area (Å²) in [5, 5.41) is 12.1. The van der Waals surface area contributed by atoms with Gasteiger partial charge < -0.3 is 10.1 Å². The molecule has 0 unspecified atom stereocenters. The normalized spacial score (nSPS) is 10.3. The molecule has 0 aliphatic heterocycles. The third-order valence-corrected chi connectivity index (χ3v) is 4.73. The van der Waals surface area contributed by atoms with Crippen LogP contribution in [0.4, 0.5) is 11.5 Å². The van der Waals surface area contributed by atoms with Crippen molar-refractivity contribution in [1.82, 2.24) is 9.97 Å². The zero-order valence-electron chi connectivity index (χ0n) is 17.2. The van der Waals surface area contributed by atoms with Crippen LogP contribution in [0.25, 0.3) is 11.3 Å². The fourth-order valence-corrected chi connectivity index (χ4v) is 3.25. The van der Waals surface area contributed by atoms with Crippen molar-refractivity contribution in [2.75, 3.05) is 5.32 Å². The predicted octanol–water partition coefficient (Wildman–Crippen LogP) is 6.44. The minimum Gasteiger partial charge on any atom is -0.455 e. The summed E-state index contributed by atoms with van der Waals surface area (Å²) >= 11 is 0. The van der Waals surface area contributed by atoms with Crippen molar-refractivity contribution in [3.63, 3.8) is 0 Å². The van der Waals surface area contributed by atoms with Gasteiger partial charge in [0, 0.05) is 35.6 Å². The number of nitrogens with zero attached hydrogens (tertiary/aromatic N) is 3. The van der Waals surface area contributed by atoms with Crippen molar-refractivity contribution < 1.29 is 4.74 Å². The summed E-state index contributed by atoms with van der Waals surface area (Å²) in [6.07, 6.45) is 2.94. The van der Waals surface area contributed by atoms with E-state index in [1.807, 2.05) is 85.8 Å². The molecule has 4 aromatic rings. The first-order valence-electron chi connectivity index (χ1n) is 10.1. The van der Waals surface area contributed by atoms with Crippen LogP contribution in [-0.2, 0) is 6.42 Å². The molecule has 0 radical (unpaired) electrons. The first-order chi connectivity index (χ1) is 15.2. The Hall–Kier alpha value is -4.17. The molecule has 5 nitrogen and oxygen atoms in total. The molecule has 0 fully saturated rings. The van der Waals surface area contributed by atoms with Gasteiger partial charge in [0.1, 0.15) is 17.3 Å². The summed E-state index contributed by atoms with van der Waals surface area (Å²) in [5.41, 5.74) is 4.76. The van der Waals surface area contributed by atoms with Crippen LogP contribution < -0.4 is 10.1 Å². The molecule has 1 N–H and O–H groups in total. The predicted molar refractivity (Wildman–Crippen MR) is 122 cm³/mol. The molecule has 152 valence electrons. The SMILES string of the molecule is Cc1ccc(Oc2ccnc(Nc3cccc(CCC#N)c3)c2)c(-c2ccccc2)n1. The smallest absolute Gasteiger partial charge is 0.153 e. The number of benzene rings is 2. The molecular formula is C26H22N4O. The highest BCUT2D eigenvalue weighted by Crippen LogP contribution is 2.32.